The van der Waals surface area contributed by atoms with Gasteiger partial charge in [0.25, 0.3) is 5.91 Å². The van der Waals surface area contributed by atoms with Gasteiger partial charge in [0.05, 0.1) is 5.69 Å². The van der Waals surface area contributed by atoms with Gasteiger partial charge in [-0.15, -0.1) is 0 Å². The Morgan fingerprint density at radius 3 is 2.83 bits per heavy atom. The molecule has 7 nitrogen and oxygen atoms in total. The predicted molar refractivity (Wildman–Crippen MR) is 116 cm³/mol. The molecule has 1 saturated heterocycles. The van der Waals surface area contributed by atoms with Crippen LogP contribution in [-0.4, -0.2) is 48.8 Å². The molecule has 0 radical (unpaired) electrons. The molecule has 2 aliphatic rings. The first-order valence-corrected chi connectivity index (χ1v) is 10.5. The number of ether oxygens (including phenoxy) is 1. The molecule has 3 rings (SSSR count). The standard InChI is InChI=1S/C19H23ClFN5O2S/c1-3-26(14-5-4-11(20)10-13(14)21)16(22)15-18(23-2)29-19(25-15)17(27)24-12-6-8-28-9-7-12/h4-5,10,12H,3,6-9,22H2,1-2H3,(H,24,27)/b16-15-,23-18+. The second-order valence-corrected chi connectivity index (χ2v) is 7.90. The second-order valence-electron chi connectivity index (χ2n) is 6.48. The summed E-state index contributed by atoms with van der Waals surface area (Å²) in [6.07, 6.45) is 1.53. The Balaban J connectivity index is 1.88. The van der Waals surface area contributed by atoms with Crippen LogP contribution in [0.3, 0.4) is 0 Å². The molecule has 29 heavy (non-hydrogen) atoms. The number of nitrogens with zero attached hydrogens (tertiary/aromatic N) is 3. The number of halogens is 2. The number of rotatable bonds is 5. The summed E-state index contributed by atoms with van der Waals surface area (Å²) in [5.41, 5.74) is 6.97. The predicted octanol–water partition coefficient (Wildman–Crippen LogP) is 2.90. The molecule has 2 heterocycles. The molecule has 0 aliphatic carbocycles. The molecule has 156 valence electrons. The molecule has 1 amide bonds. The molecule has 1 aromatic carbocycles. The topological polar surface area (TPSA) is 92.3 Å². The molecule has 0 spiro atoms. The largest absolute Gasteiger partial charge is 0.383 e. The summed E-state index contributed by atoms with van der Waals surface area (Å²) in [5.74, 6) is -0.549. The number of benzene rings is 1. The summed E-state index contributed by atoms with van der Waals surface area (Å²) in [6.45, 7) is 3.49. The third kappa shape index (κ3) is 4.91. The van der Waals surface area contributed by atoms with Crippen LogP contribution in [-0.2, 0) is 9.53 Å². The molecule has 0 saturated carbocycles. The first kappa shape index (κ1) is 21.6. The Bertz CT molecular complexity index is 883. The van der Waals surface area contributed by atoms with Crippen LogP contribution in [0, 0.1) is 5.82 Å². The smallest absolute Gasteiger partial charge is 0.277 e. The van der Waals surface area contributed by atoms with Crippen molar-refractivity contribution in [2.45, 2.75) is 25.8 Å². The van der Waals surface area contributed by atoms with Gasteiger partial charge < -0.3 is 20.7 Å². The molecule has 2 aliphatic heterocycles. The lowest BCUT2D eigenvalue weighted by molar-refractivity contribution is -0.115. The number of hydrogen-bond donors (Lipinski definition) is 2. The van der Waals surface area contributed by atoms with Gasteiger partial charge in [0.2, 0.25) is 0 Å². The van der Waals surface area contributed by atoms with Crippen molar-refractivity contribution < 1.29 is 13.9 Å². The quantitative estimate of drug-likeness (QED) is 0.735. The zero-order valence-corrected chi connectivity index (χ0v) is 17.8. The maximum Gasteiger partial charge on any atom is 0.277 e. The van der Waals surface area contributed by atoms with E-state index in [1.54, 1.807) is 24.1 Å². The van der Waals surface area contributed by atoms with Gasteiger partial charge in [-0.2, -0.15) is 0 Å². The fourth-order valence-corrected chi connectivity index (χ4v) is 4.08. The number of nitrogens with one attached hydrogen (secondary N) is 1. The summed E-state index contributed by atoms with van der Waals surface area (Å²) >= 11 is 7.00. The molecule has 1 aromatic rings. The highest BCUT2D eigenvalue weighted by molar-refractivity contribution is 8.29. The van der Waals surface area contributed by atoms with Crippen LogP contribution in [0.1, 0.15) is 19.8 Å². The zero-order chi connectivity index (χ0) is 21.0. The number of amides is 1. The van der Waals surface area contributed by atoms with Gasteiger partial charge in [0.1, 0.15) is 22.4 Å². The molecule has 0 aromatic heterocycles. The SMILES string of the molecule is CCN(/C(N)=C1\N=C(C(=O)NC2CCOCC2)S\C1=N\C)c1ccc(Cl)cc1F. The normalized spacial score (nSPS) is 20.6. The molecule has 10 heteroatoms. The Labute approximate surface area is 178 Å². The van der Waals surface area contributed by atoms with Gasteiger partial charge in [-0.25, -0.2) is 9.38 Å². The van der Waals surface area contributed by atoms with Crippen LogP contribution in [0.2, 0.25) is 5.02 Å². The Kier molecular flexibility index (Phi) is 7.15. The summed E-state index contributed by atoms with van der Waals surface area (Å²) in [4.78, 5) is 22.8. The van der Waals surface area contributed by atoms with Crippen LogP contribution < -0.4 is 16.0 Å². The second kappa shape index (κ2) is 9.60. The summed E-state index contributed by atoms with van der Waals surface area (Å²) < 4.78 is 19.7. The average Bonchev–Trinajstić information content (AvgIpc) is 3.15. The van der Waals surface area contributed by atoms with E-state index in [4.69, 9.17) is 22.1 Å². The minimum Gasteiger partial charge on any atom is -0.383 e. The molecule has 0 atom stereocenters. The third-order valence-corrected chi connectivity index (χ3v) is 5.89. The van der Waals surface area contributed by atoms with Gasteiger partial charge in [0.15, 0.2) is 5.04 Å². The maximum atomic E-state index is 14.4. The first-order valence-electron chi connectivity index (χ1n) is 9.29. The van der Waals surface area contributed by atoms with Crippen molar-refractivity contribution in [2.75, 3.05) is 31.7 Å². The Hall–Kier alpha value is -2.10. The van der Waals surface area contributed by atoms with Gasteiger partial charge in [0, 0.05) is 37.9 Å². The first-order chi connectivity index (χ1) is 13.9. The fraction of sp³-hybridized carbons (Fsp3) is 0.421. The van der Waals surface area contributed by atoms with E-state index in [0.29, 0.717) is 35.5 Å². The van der Waals surface area contributed by atoms with Crippen LogP contribution in [0.5, 0.6) is 0 Å². The van der Waals surface area contributed by atoms with Crippen molar-refractivity contribution in [3.63, 3.8) is 0 Å². The highest BCUT2D eigenvalue weighted by Gasteiger charge is 2.30. The fourth-order valence-electron chi connectivity index (χ4n) is 3.12. The maximum absolute atomic E-state index is 14.4. The van der Waals surface area contributed by atoms with Crippen molar-refractivity contribution in [1.82, 2.24) is 5.32 Å². The average molecular weight is 440 g/mol. The van der Waals surface area contributed by atoms with Crippen molar-refractivity contribution in [1.29, 1.82) is 0 Å². The van der Waals surface area contributed by atoms with Crippen molar-refractivity contribution in [3.8, 4) is 0 Å². The number of carbonyl (C=O) groups is 1. The lowest BCUT2D eigenvalue weighted by Crippen LogP contribution is -2.41. The minimum atomic E-state index is -0.495. The van der Waals surface area contributed by atoms with E-state index >= 15 is 0 Å². The highest BCUT2D eigenvalue weighted by Crippen LogP contribution is 2.31. The summed E-state index contributed by atoms with van der Waals surface area (Å²) in [7, 11) is 1.60. The number of carbonyl (C=O) groups excluding carboxylic acids is 1. The monoisotopic (exact) mass is 439 g/mol. The molecule has 0 bridgehead atoms. The molecule has 1 fully saturated rings. The van der Waals surface area contributed by atoms with E-state index < -0.39 is 5.82 Å². The molecular formula is C19H23ClFN5O2S. The Morgan fingerprint density at radius 1 is 1.48 bits per heavy atom. The number of aliphatic imine (C=N–C) groups is 2. The summed E-state index contributed by atoms with van der Waals surface area (Å²) in [6, 6.07) is 4.44. The van der Waals surface area contributed by atoms with E-state index in [-0.39, 0.29) is 28.5 Å². The molecule has 0 unspecified atom stereocenters. The lowest BCUT2D eigenvalue weighted by Gasteiger charge is -2.24. The minimum absolute atomic E-state index is 0.0576. The number of anilines is 1. The third-order valence-electron chi connectivity index (χ3n) is 4.61. The van der Waals surface area contributed by atoms with Gasteiger partial charge in [-0.3, -0.25) is 9.79 Å². The van der Waals surface area contributed by atoms with Crippen molar-refractivity contribution >= 4 is 45.0 Å². The molecular weight excluding hydrogens is 417 g/mol. The van der Waals surface area contributed by atoms with E-state index in [1.807, 2.05) is 6.92 Å². The zero-order valence-electron chi connectivity index (χ0n) is 16.2. The van der Waals surface area contributed by atoms with E-state index in [9.17, 15) is 9.18 Å². The van der Waals surface area contributed by atoms with Crippen LogP contribution in [0.4, 0.5) is 10.1 Å². The number of hydrogen-bond acceptors (Lipinski definition) is 7. The van der Waals surface area contributed by atoms with Crippen molar-refractivity contribution in [3.05, 3.63) is 40.6 Å². The van der Waals surface area contributed by atoms with E-state index in [1.165, 1.54) is 6.07 Å². The molecule has 3 N–H and O–H groups in total. The Morgan fingerprint density at radius 2 is 2.21 bits per heavy atom. The van der Waals surface area contributed by atoms with Gasteiger partial charge >= 0.3 is 0 Å². The number of thioether (sulfide) groups is 1. The highest BCUT2D eigenvalue weighted by atomic mass is 35.5. The van der Waals surface area contributed by atoms with Gasteiger partial charge in [-0.1, -0.05) is 11.6 Å². The van der Waals surface area contributed by atoms with E-state index in [0.717, 1.165) is 24.6 Å². The van der Waals surface area contributed by atoms with Crippen LogP contribution >= 0.6 is 23.4 Å². The van der Waals surface area contributed by atoms with Crippen LogP contribution in [0.15, 0.2) is 39.7 Å². The number of nitrogens with two attached hydrogens (primary N) is 1. The van der Waals surface area contributed by atoms with Crippen LogP contribution in [0.25, 0.3) is 0 Å². The lowest BCUT2D eigenvalue weighted by atomic mass is 10.1. The van der Waals surface area contributed by atoms with Gasteiger partial charge in [-0.05, 0) is 49.7 Å². The summed E-state index contributed by atoms with van der Waals surface area (Å²) in [5, 5.41) is 4.05. The van der Waals surface area contributed by atoms with Crippen molar-refractivity contribution in [2.24, 2.45) is 15.7 Å². The van der Waals surface area contributed by atoms with E-state index in [2.05, 4.69) is 15.3 Å².